The summed E-state index contributed by atoms with van der Waals surface area (Å²) in [4.78, 5) is 35.9. The topological polar surface area (TPSA) is 128 Å². The lowest BCUT2D eigenvalue weighted by Gasteiger charge is -2.32. The smallest absolute Gasteiger partial charge is 0.272 e. The van der Waals surface area contributed by atoms with E-state index in [4.69, 9.17) is 9.47 Å². The molecule has 12 heteroatoms. The molecule has 1 fully saturated rings. The maximum atomic E-state index is 13.0. The van der Waals surface area contributed by atoms with E-state index < -0.39 is 15.7 Å². The van der Waals surface area contributed by atoms with E-state index in [9.17, 15) is 22.4 Å². The van der Waals surface area contributed by atoms with E-state index >= 15 is 0 Å². The molecule has 1 saturated heterocycles. The van der Waals surface area contributed by atoms with Gasteiger partial charge in [-0.1, -0.05) is 0 Å². The van der Waals surface area contributed by atoms with Gasteiger partial charge in [-0.3, -0.25) is 14.6 Å². The van der Waals surface area contributed by atoms with E-state index in [1.54, 1.807) is 29.2 Å². The monoisotopic (exact) mass is 590 g/mol. The van der Waals surface area contributed by atoms with Gasteiger partial charge in [0.25, 0.3) is 11.8 Å². The van der Waals surface area contributed by atoms with Gasteiger partial charge in [-0.15, -0.1) is 0 Å². The lowest BCUT2D eigenvalue weighted by Crippen LogP contribution is -2.42. The highest BCUT2D eigenvalue weighted by Gasteiger charge is 2.25. The van der Waals surface area contributed by atoms with E-state index in [0.29, 0.717) is 43.1 Å². The molecular formula is C30H27FN4O6S. The third-order valence-corrected chi connectivity index (χ3v) is 7.69. The summed E-state index contributed by atoms with van der Waals surface area (Å²) in [5.41, 5.74) is 0.932. The Balaban J connectivity index is 1.10. The van der Waals surface area contributed by atoms with Crippen molar-refractivity contribution in [2.45, 2.75) is 23.8 Å². The van der Waals surface area contributed by atoms with Crippen molar-refractivity contribution in [1.29, 1.82) is 0 Å². The minimum atomic E-state index is -3.27. The van der Waals surface area contributed by atoms with Crippen molar-refractivity contribution in [2.24, 2.45) is 0 Å². The number of aromatic nitrogens is 2. The number of ether oxygens (including phenoxy) is 2. The molecule has 1 aliphatic rings. The molecule has 2 amide bonds. The zero-order valence-electron chi connectivity index (χ0n) is 22.6. The molecular weight excluding hydrogens is 563 g/mol. The molecule has 42 heavy (non-hydrogen) atoms. The number of pyridine rings is 2. The SMILES string of the molecule is CS(=O)(=O)c1ccc(OC2CCN(C(=O)c3ccc(C(=O)Nc4ccc(Oc5ccc(F)cc5)nc4)cn3)CC2)cc1. The summed E-state index contributed by atoms with van der Waals surface area (Å²) in [6, 6.07) is 18.0. The van der Waals surface area contributed by atoms with E-state index in [1.807, 2.05) is 0 Å². The predicted molar refractivity (Wildman–Crippen MR) is 152 cm³/mol. The first-order valence-corrected chi connectivity index (χ1v) is 15.0. The van der Waals surface area contributed by atoms with Gasteiger partial charge in [-0.25, -0.2) is 17.8 Å². The van der Waals surface area contributed by atoms with Gasteiger partial charge >= 0.3 is 0 Å². The zero-order chi connectivity index (χ0) is 29.7. The van der Waals surface area contributed by atoms with E-state index in [0.717, 1.165) is 6.26 Å². The average Bonchev–Trinajstić information content (AvgIpc) is 2.99. The van der Waals surface area contributed by atoms with Crippen LogP contribution >= 0.6 is 0 Å². The molecule has 0 atom stereocenters. The number of carbonyl (C=O) groups is 2. The Hall–Kier alpha value is -4.84. The Kier molecular flexibility index (Phi) is 8.43. The lowest BCUT2D eigenvalue weighted by molar-refractivity contribution is 0.0589. The second kappa shape index (κ2) is 12.4. The number of rotatable bonds is 8. The van der Waals surface area contributed by atoms with Gasteiger partial charge < -0.3 is 19.7 Å². The van der Waals surface area contributed by atoms with Crippen LogP contribution in [0.1, 0.15) is 33.7 Å². The molecule has 2 aromatic carbocycles. The van der Waals surface area contributed by atoms with Crippen LogP contribution in [0.3, 0.4) is 0 Å². The molecule has 0 saturated carbocycles. The van der Waals surface area contributed by atoms with Crippen LogP contribution in [-0.2, 0) is 9.84 Å². The summed E-state index contributed by atoms with van der Waals surface area (Å²) >= 11 is 0. The lowest BCUT2D eigenvalue weighted by atomic mass is 10.1. The highest BCUT2D eigenvalue weighted by Crippen LogP contribution is 2.23. The number of piperidine rings is 1. The Morgan fingerprint density at radius 2 is 1.57 bits per heavy atom. The van der Waals surface area contributed by atoms with Crippen LogP contribution in [0, 0.1) is 5.82 Å². The van der Waals surface area contributed by atoms with E-state index in [1.165, 1.54) is 60.9 Å². The van der Waals surface area contributed by atoms with Gasteiger partial charge in [0, 0.05) is 44.5 Å². The van der Waals surface area contributed by atoms with Gasteiger partial charge in [0.1, 0.15) is 29.1 Å². The summed E-state index contributed by atoms with van der Waals surface area (Å²) < 4.78 is 47.8. The summed E-state index contributed by atoms with van der Waals surface area (Å²) in [5, 5.41) is 2.72. The summed E-state index contributed by atoms with van der Waals surface area (Å²) in [7, 11) is -3.27. The number of carbonyl (C=O) groups excluding carboxylic acids is 2. The molecule has 1 aliphatic heterocycles. The fourth-order valence-corrected chi connectivity index (χ4v) is 4.92. The Morgan fingerprint density at radius 1 is 0.881 bits per heavy atom. The standard InChI is InChI=1S/C30H27FN4O6S/c1-42(38,39)26-10-8-23(9-11-26)40-25-14-16-35(17-15-25)30(37)27-12-2-20(18-32-27)29(36)34-22-5-13-28(33-19-22)41-24-6-3-21(31)4-7-24/h2-13,18-19,25H,14-17H2,1H3,(H,34,36). The molecule has 10 nitrogen and oxygen atoms in total. The number of hydrogen-bond donors (Lipinski definition) is 1. The number of likely N-dealkylation sites (tertiary alicyclic amines) is 1. The molecule has 0 unspecified atom stereocenters. The highest BCUT2D eigenvalue weighted by molar-refractivity contribution is 7.90. The molecule has 0 aliphatic carbocycles. The van der Waals surface area contributed by atoms with Crippen molar-refractivity contribution >= 4 is 27.3 Å². The molecule has 2 aromatic heterocycles. The normalized spacial score (nSPS) is 13.8. The minimum absolute atomic E-state index is 0.102. The maximum Gasteiger partial charge on any atom is 0.272 e. The van der Waals surface area contributed by atoms with Crippen LogP contribution < -0.4 is 14.8 Å². The first-order valence-electron chi connectivity index (χ1n) is 13.1. The van der Waals surface area contributed by atoms with Crippen molar-refractivity contribution in [2.75, 3.05) is 24.7 Å². The Bertz CT molecular complexity index is 1660. The third kappa shape index (κ3) is 7.26. The molecule has 5 rings (SSSR count). The first-order chi connectivity index (χ1) is 20.1. The summed E-state index contributed by atoms with van der Waals surface area (Å²) in [6.45, 7) is 0.950. The molecule has 3 heterocycles. The molecule has 1 N–H and O–H groups in total. The quantitative estimate of drug-likeness (QED) is 0.312. The van der Waals surface area contributed by atoms with Crippen molar-refractivity contribution in [3.8, 4) is 17.4 Å². The molecule has 0 spiro atoms. The fourth-order valence-electron chi connectivity index (χ4n) is 4.29. The fraction of sp³-hybridized carbons (Fsp3) is 0.200. The Labute approximate surface area is 242 Å². The first kappa shape index (κ1) is 28.7. The zero-order valence-corrected chi connectivity index (χ0v) is 23.4. The predicted octanol–water partition coefficient (Wildman–Crippen LogP) is 4.75. The van der Waals surface area contributed by atoms with Gasteiger partial charge in [-0.05, 0) is 66.7 Å². The number of anilines is 1. The van der Waals surface area contributed by atoms with Crippen LogP contribution in [0.2, 0.25) is 0 Å². The molecule has 0 bridgehead atoms. The highest BCUT2D eigenvalue weighted by atomic mass is 32.2. The number of nitrogens with one attached hydrogen (secondary N) is 1. The van der Waals surface area contributed by atoms with Crippen molar-refractivity contribution in [1.82, 2.24) is 14.9 Å². The van der Waals surface area contributed by atoms with Gasteiger partial charge in [0.05, 0.1) is 22.3 Å². The van der Waals surface area contributed by atoms with Gasteiger partial charge in [0.15, 0.2) is 9.84 Å². The molecule has 0 radical (unpaired) electrons. The third-order valence-electron chi connectivity index (χ3n) is 6.56. The van der Waals surface area contributed by atoms with Crippen LogP contribution in [0.25, 0.3) is 0 Å². The second-order valence-electron chi connectivity index (χ2n) is 9.68. The van der Waals surface area contributed by atoms with Crippen LogP contribution in [-0.4, -0.2) is 60.5 Å². The van der Waals surface area contributed by atoms with Crippen LogP contribution in [0.4, 0.5) is 10.1 Å². The van der Waals surface area contributed by atoms with Crippen LogP contribution in [0.15, 0.2) is 90.1 Å². The number of hydrogen-bond acceptors (Lipinski definition) is 8. The number of amides is 2. The van der Waals surface area contributed by atoms with Crippen molar-refractivity contribution in [3.63, 3.8) is 0 Å². The van der Waals surface area contributed by atoms with Crippen LogP contribution in [0.5, 0.6) is 17.4 Å². The van der Waals surface area contributed by atoms with E-state index in [-0.39, 0.29) is 39.9 Å². The van der Waals surface area contributed by atoms with Gasteiger partial charge in [-0.2, -0.15) is 0 Å². The minimum Gasteiger partial charge on any atom is -0.490 e. The summed E-state index contributed by atoms with van der Waals surface area (Å²) in [5.74, 6) is 0.260. The van der Waals surface area contributed by atoms with E-state index in [2.05, 4.69) is 15.3 Å². The second-order valence-corrected chi connectivity index (χ2v) is 11.7. The summed E-state index contributed by atoms with van der Waals surface area (Å²) in [6.07, 6.45) is 5.05. The number of sulfone groups is 1. The average molecular weight is 591 g/mol. The molecule has 4 aromatic rings. The maximum absolute atomic E-state index is 13.0. The Morgan fingerprint density at radius 3 is 2.17 bits per heavy atom. The number of halogens is 1. The van der Waals surface area contributed by atoms with Crippen molar-refractivity contribution in [3.05, 3.63) is 102 Å². The number of benzene rings is 2. The molecule has 216 valence electrons. The van der Waals surface area contributed by atoms with Gasteiger partial charge in [0.2, 0.25) is 5.88 Å². The van der Waals surface area contributed by atoms with Crippen molar-refractivity contribution < 1.29 is 31.9 Å². The largest absolute Gasteiger partial charge is 0.490 e. The number of nitrogens with zero attached hydrogens (tertiary/aromatic N) is 3.